The predicted molar refractivity (Wildman–Crippen MR) is 126 cm³/mol. The van der Waals surface area contributed by atoms with Crippen molar-refractivity contribution in [2.75, 3.05) is 13.7 Å². The Balaban J connectivity index is 1.41. The number of unbranched alkanes of at least 4 members (excludes halogenated alkanes) is 1. The van der Waals surface area contributed by atoms with Crippen LogP contribution in [0.25, 0.3) is 11.0 Å². The van der Waals surface area contributed by atoms with Gasteiger partial charge in [-0.15, -0.1) is 0 Å². The number of hydrogen-bond acceptors (Lipinski definition) is 4. The van der Waals surface area contributed by atoms with Crippen LogP contribution in [0.1, 0.15) is 29.0 Å². The van der Waals surface area contributed by atoms with Gasteiger partial charge in [0.15, 0.2) is 0 Å². The number of carbonyl (C=O) groups excluding carboxylic acids is 1. The summed E-state index contributed by atoms with van der Waals surface area (Å²) < 4.78 is 8.00. The predicted octanol–water partition coefficient (Wildman–Crippen LogP) is 5.22. The number of para-hydroxylation sites is 2. The third kappa shape index (κ3) is 5.26. The molecule has 4 aromatic rings. The average Bonchev–Trinajstić information content (AvgIpc) is 3.17. The largest absolute Gasteiger partial charge is 0.494 e. The second-order valence-electron chi connectivity index (χ2n) is 7.57. The van der Waals surface area contributed by atoms with Gasteiger partial charge in [-0.05, 0) is 61.4 Å². The summed E-state index contributed by atoms with van der Waals surface area (Å²) in [5.74, 6) is 1.64. The highest BCUT2D eigenvalue weighted by molar-refractivity contribution is 6.30. The van der Waals surface area contributed by atoms with Crippen LogP contribution in [0.15, 0.2) is 73.1 Å². The van der Waals surface area contributed by atoms with Crippen LogP contribution in [0.2, 0.25) is 5.02 Å². The molecule has 0 bridgehead atoms. The summed E-state index contributed by atoms with van der Waals surface area (Å²) >= 11 is 5.91. The van der Waals surface area contributed by atoms with E-state index >= 15 is 0 Å². The zero-order chi connectivity index (χ0) is 22.3. The summed E-state index contributed by atoms with van der Waals surface area (Å²) in [5, 5.41) is 0.698. The first-order valence-corrected chi connectivity index (χ1v) is 11.0. The zero-order valence-electron chi connectivity index (χ0n) is 17.9. The first-order valence-electron chi connectivity index (χ1n) is 10.6. The Labute approximate surface area is 192 Å². The van der Waals surface area contributed by atoms with Gasteiger partial charge in [0.05, 0.1) is 24.2 Å². The highest BCUT2D eigenvalue weighted by atomic mass is 35.5. The number of pyridine rings is 1. The maximum absolute atomic E-state index is 12.8. The molecule has 2 aromatic carbocycles. The van der Waals surface area contributed by atoms with E-state index in [4.69, 9.17) is 21.3 Å². The molecular weight excluding hydrogens is 424 g/mol. The lowest BCUT2D eigenvalue weighted by atomic mass is 10.2. The van der Waals surface area contributed by atoms with Gasteiger partial charge in [0, 0.05) is 36.6 Å². The Kier molecular flexibility index (Phi) is 7.02. The molecule has 0 spiro atoms. The molecule has 7 heteroatoms. The SMILES string of the molecule is CN(Cc1nc2ccccc2n1CCCCOc1ccc(Cl)cc1)C(=O)c1ccncc1. The molecule has 0 aliphatic heterocycles. The molecule has 0 saturated carbocycles. The normalized spacial score (nSPS) is 10.9. The van der Waals surface area contributed by atoms with Crippen molar-refractivity contribution in [2.24, 2.45) is 0 Å². The molecule has 0 aliphatic rings. The maximum atomic E-state index is 12.8. The summed E-state index contributed by atoms with van der Waals surface area (Å²) in [6.45, 7) is 1.86. The molecule has 0 unspecified atom stereocenters. The molecule has 0 atom stereocenters. The van der Waals surface area contributed by atoms with Gasteiger partial charge in [0.25, 0.3) is 5.91 Å². The van der Waals surface area contributed by atoms with Gasteiger partial charge >= 0.3 is 0 Å². The van der Waals surface area contributed by atoms with E-state index in [-0.39, 0.29) is 5.91 Å². The van der Waals surface area contributed by atoms with E-state index in [0.717, 1.165) is 42.0 Å². The summed E-state index contributed by atoms with van der Waals surface area (Å²) in [4.78, 5) is 23.2. The van der Waals surface area contributed by atoms with Crippen molar-refractivity contribution >= 4 is 28.5 Å². The summed E-state index contributed by atoms with van der Waals surface area (Å²) in [6, 6.07) is 18.9. The molecule has 0 radical (unpaired) electrons. The number of aromatic nitrogens is 3. The van der Waals surface area contributed by atoms with E-state index in [1.54, 1.807) is 36.5 Å². The fourth-order valence-electron chi connectivity index (χ4n) is 3.59. The van der Waals surface area contributed by atoms with E-state index in [0.29, 0.717) is 23.7 Å². The third-order valence-electron chi connectivity index (χ3n) is 5.24. The van der Waals surface area contributed by atoms with Crippen molar-refractivity contribution < 1.29 is 9.53 Å². The molecule has 1 amide bonds. The minimum Gasteiger partial charge on any atom is -0.494 e. The lowest BCUT2D eigenvalue weighted by molar-refractivity contribution is 0.0780. The Morgan fingerprint density at radius 1 is 1.03 bits per heavy atom. The quantitative estimate of drug-likeness (QED) is 0.329. The zero-order valence-corrected chi connectivity index (χ0v) is 18.7. The number of nitrogens with zero attached hydrogens (tertiary/aromatic N) is 4. The second-order valence-corrected chi connectivity index (χ2v) is 8.01. The number of ether oxygens (including phenoxy) is 1. The molecule has 0 fully saturated rings. The molecule has 164 valence electrons. The van der Waals surface area contributed by atoms with Crippen molar-refractivity contribution in [1.29, 1.82) is 0 Å². The third-order valence-corrected chi connectivity index (χ3v) is 5.50. The summed E-state index contributed by atoms with van der Waals surface area (Å²) in [6.07, 6.45) is 5.09. The fourth-order valence-corrected chi connectivity index (χ4v) is 3.71. The van der Waals surface area contributed by atoms with E-state index in [2.05, 4.69) is 15.6 Å². The first kappa shape index (κ1) is 21.8. The van der Waals surface area contributed by atoms with Crippen molar-refractivity contribution in [2.45, 2.75) is 25.9 Å². The molecule has 0 aliphatic carbocycles. The number of carbonyl (C=O) groups is 1. The number of benzene rings is 2. The molecule has 4 rings (SSSR count). The smallest absolute Gasteiger partial charge is 0.254 e. The van der Waals surface area contributed by atoms with Crippen LogP contribution in [0.5, 0.6) is 5.75 Å². The maximum Gasteiger partial charge on any atom is 0.254 e. The Bertz CT molecular complexity index is 1180. The molecule has 0 saturated heterocycles. The van der Waals surface area contributed by atoms with Crippen LogP contribution in [-0.4, -0.2) is 39.0 Å². The molecule has 2 aromatic heterocycles. The Hall–Kier alpha value is -3.38. The minimum absolute atomic E-state index is 0.0534. The van der Waals surface area contributed by atoms with Crippen LogP contribution >= 0.6 is 11.6 Å². The topological polar surface area (TPSA) is 60.2 Å². The van der Waals surface area contributed by atoms with Gasteiger partial charge in [0.1, 0.15) is 11.6 Å². The molecule has 2 heterocycles. The van der Waals surface area contributed by atoms with Gasteiger partial charge in [-0.2, -0.15) is 0 Å². The average molecular weight is 449 g/mol. The molecule has 32 heavy (non-hydrogen) atoms. The van der Waals surface area contributed by atoms with Crippen molar-refractivity contribution in [3.63, 3.8) is 0 Å². The monoisotopic (exact) mass is 448 g/mol. The van der Waals surface area contributed by atoms with Crippen molar-refractivity contribution in [1.82, 2.24) is 19.4 Å². The van der Waals surface area contributed by atoms with Crippen molar-refractivity contribution in [3.05, 3.63) is 89.5 Å². The highest BCUT2D eigenvalue weighted by Gasteiger charge is 2.17. The number of rotatable bonds is 9. The van der Waals surface area contributed by atoms with Gasteiger partial charge in [-0.3, -0.25) is 9.78 Å². The van der Waals surface area contributed by atoms with Crippen LogP contribution < -0.4 is 4.74 Å². The fraction of sp³-hybridized carbons (Fsp3) is 0.240. The van der Waals surface area contributed by atoms with Crippen LogP contribution in [0, 0.1) is 0 Å². The number of hydrogen-bond donors (Lipinski definition) is 0. The van der Waals surface area contributed by atoms with E-state index in [9.17, 15) is 4.79 Å². The van der Waals surface area contributed by atoms with E-state index in [1.807, 2.05) is 42.5 Å². The number of imidazole rings is 1. The lowest BCUT2D eigenvalue weighted by Crippen LogP contribution is -2.27. The lowest BCUT2D eigenvalue weighted by Gasteiger charge is -2.18. The molecular formula is C25H25ClN4O2. The highest BCUT2D eigenvalue weighted by Crippen LogP contribution is 2.19. The van der Waals surface area contributed by atoms with Crippen LogP contribution in [-0.2, 0) is 13.1 Å². The Morgan fingerprint density at radius 2 is 1.78 bits per heavy atom. The number of aryl methyl sites for hydroxylation is 1. The minimum atomic E-state index is -0.0534. The first-order chi connectivity index (χ1) is 15.6. The standard InChI is InChI=1S/C25H25ClN4O2/c1-29(25(31)19-12-14-27-15-13-19)18-24-28-22-6-2-3-7-23(22)30(24)16-4-5-17-32-21-10-8-20(26)9-11-21/h2-3,6-15H,4-5,16-18H2,1H3. The van der Waals surface area contributed by atoms with Gasteiger partial charge in [0.2, 0.25) is 0 Å². The van der Waals surface area contributed by atoms with Crippen LogP contribution in [0.3, 0.4) is 0 Å². The van der Waals surface area contributed by atoms with Gasteiger partial charge < -0.3 is 14.2 Å². The number of halogens is 1. The number of fused-ring (bicyclic) bond motifs is 1. The van der Waals surface area contributed by atoms with Gasteiger partial charge in [-0.25, -0.2) is 4.98 Å². The van der Waals surface area contributed by atoms with E-state index in [1.165, 1.54) is 0 Å². The second kappa shape index (κ2) is 10.3. The van der Waals surface area contributed by atoms with Gasteiger partial charge in [-0.1, -0.05) is 23.7 Å². The summed E-state index contributed by atoms with van der Waals surface area (Å²) in [5.41, 5.74) is 2.63. The van der Waals surface area contributed by atoms with Crippen molar-refractivity contribution in [3.8, 4) is 5.75 Å². The Morgan fingerprint density at radius 3 is 2.56 bits per heavy atom. The number of amides is 1. The summed E-state index contributed by atoms with van der Waals surface area (Å²) in [7, 11) is 1.80. The molecule has 0 N–H and O–H groups in total. The van der Waals surface area contributed by atoms with Crippen LogP contribution in [0.4, 0.5) is 0 Å². The van der Waals surface area contributed by atoms with E-state index < -0.39 is 0 Å². The molecule has 6 nitrogen and oxygen atoms in total.